The number of nitrogens with zero attached hydrogens (tertiary/aromatic N) is 4. The summed E-state index contributed by atoms with van der Waals surface area (Å²) >= 11 is 6.07. The van der Waals surface area contributed by atoms with Crippen LogP contribution in [0.1, 0.15) is 39.1 Å². The summed E-state index contributed by atoms with van der Waals surface area (Å²) in [5.41, 5.74) is 1.53. The van der Waals surface area contributed by atoms with Crippen molar-refractivity contribution in [3.05, 3.63) is 58.2 Å². The molecule has 2 fully saturated rings. The van der Waals surface area contributed by atoms with Crippen LogP contribution >= 0.6 is 11.6 Å². The second-order valence-corrected chi connectivity index (χ2v) is 8.86. The van der Waals surface area contributed by atoms with Crippen molar-refractivity contribution in [2.24, 2.45) is 0 Å². The van der Waals surface area contributed by atoms with E-state index in [1.807, 2.05) is 12.1 Å². The molecule has 0 bridgehead atoms. The highest BCUT2D eigenvalue weighted by Gasteiger charge is 2.44. The zero-order valence-electron chi connectivity index (χ0n) is 17.8. The largest absolute Gasteiger partial charge is 0.354 e. The predicted octanol–water partition coefficient (Wildman–Crippen LogP) is 1.46. The van der Waals surface area contributed by atoms with Crippen LogP contribution in [-0.2, 0) is 16.1 Å². The van der Waals surface area contributed by atoms with Gasteiger partial charge < -0.3 is 4.90 Å². The summed E-state index contributed by atoms with van der Waals surface area (Å²) in [5.74, 6) is -1.10. The van der Waals surface area contributed by atoms with Crippen LogP contribution in [-0.4, -0.2) is 70.6 Å². The minimum absolute atomic E-state index is 0.103. The molecule has 3 aliphatic rings. The molecule has 3 aliphatic heterocycles. The van der Waals surface area contributed by atoms with Crippen LogP contribution in [0.3, 0.4) is 0 Å². The Hall–Kier alpha value is -3.30. The fourth-order valence-electron chi connectivity index (χ4n) is 4.58. The zero-order chi connectivity index (χ0) is 23.1. The molecule has 5 rings (SSSR count). The van der Waals surface area contributed by atoms with E-state index in [-0.39, 0.29) is 18.7 Å². The van der Waals surface area contributed by atoms with Gasteiger partial charge in [0, 0.05) is 50.4 Å². The van der Waals surface area contributed by atoms with Crippen molar-refractivity contribution in [1.29, 1.82) is 0 Å². The second-order valence-electron chi connectivity index (χ2n) is 8.42. The Labute approximate surface area is 195 Å². The summed E-state index contributed by atoms with van der Waals surface area (Å²) in [4.78, 5) is 59.3. The number of carbonyl (C=O) groups is 4. The Morgan fingerprint density at radius 3 is 2.45 bits per heavy atom. The number of piperazine rings is 1. The highest BCUT2D eigenvalue weighted by molar-refractivity contribution is 6.30. The van der Waals surface area contributed by atoms with Gasteiger partial charge in [-0.15, -0.1) is 0 Å². The van der Waals surface area contributed by atoms with Gasteiger partial charge in [-0.05, 0) is 36.2 Å². The van der Waals surface area contributed by atoms with Crippen molar-refractivity contribution in [2.75, 3.05) is 31.1 Å². The van der Waals surface area contributed by atoms with Crippen LogP contribution in [0.2, 0.25) is 5.02 Å². The SMILES string of the molecule is O=C1CCC(N2C(=O)c3ccc(CN4CCN(c5cc(Cl)ccn5)CC4)cc3C2=O)C(=O)N1. The van der Waals surface area contributed by atoms with Crippen LogP contribution in [0.15, 0.2) is 36.5 Å². The summed E-state index contributed by atoms with van der Waals surface area (Å²) in [7, 11) is 0. The van der Waals surface area contributed by atoms with E-state index in [0.29, 0.717) is 22.7 Å². The van der Waals surface area contributed by atoms with Crippen LogP contribution in [0, 0.1) is 0 Å². The molecule has 0 aliphatic carbocycles. The van der Waals surface area contributed by atoms with Crippen molar-refractivity contribution < 1.29 is 19.2 Å². The summed E-state index contributed by atoms with van der Waals surface area (Å²) < 4.78 is 0. The first-order valence-electron chi connectivity index (χ1n) is 10.8. The highest BCUT2D eigenvalue weighted by atomic mass is 35.5. The number of rotatable bonds is 4. The summed E-state index contributed by atoms with van der Waals surface area (Å²) in [5, 5.41) is 2.87. The van der Waals surface area contributed by atoms with E-state index in [0.717, 1.165) is 42.5 Å². The maximum Gasteiger partial charge on any atom is 0.262 e. The quantitative estimate of drug-likeness (QED) is 0.679. The van der Waals surface area contributed by atoms with Gasteiger partial charge >= 0.3 is 0 Å². The lowest BCUT2D eigenvalue weighted by Gasteiger charge is -2.35. The minimum Gasteiger partial charge on any atom is -0.354 e. The van der Waals surface area contributed by atoms with E-state index in [2.05, 4.69) is 20.1 Å². The lowest BCUT2D eigenvalue weighted by molar-refractivity contribution is -0.136. The van der Waals surface area contributed by atoms with Gasteiger partial charge in [-0.1, -0.05) is 17.7 Å². The monoisotopic (exact) mass is 467 g/mol. The van der Waals surface area contributed by atoms with E-state index in [1.54, 1.807) is 24.4 Å². The Kier molecular flexibility index (Phi) is 5.59. The molecule has 4 amide bonds. The van der Waals surface area contributed by atoms with Gasteiger partial charge in [-0.3, -0.25) is 34.3 Å². The molecule has 33 heavy (non-hydrogen) atoms. The number of anilines is 1. The number of fused-ring (bicyclic) bond motifs is 1. The molecule has 1 N–H and O–H groups in total. The van der Waals surface area contributed by atoms with Gasteiger partial charge in [0.2, 0.25) is 11.8 Å². The van der Waals surface area contributed by atoms with E-state index in [9.17, 15) is 19.2 Å². The van der Waals surface area contributed by atoms with E-state index < -0.39 is 23.8 Å². The number of imide groups is 2. The van der Waals surface area contributed by atoms with Crippen molar-refractivity contribution in [3.63, 3.8) is 0 Å². The third-order valence-electron chi connectivity index (χ3n) is 6.31. The lowest BCUT2D eigenvalue weighted by atomic mass is 10.0. The smallest absolute Gasteiger partial charge is 0.262 e. The first-order valence-corrected chi connectivity index (χ1v) is 11.2. The normalized spacial score (nSPS) is 21.4. The Morgan fingerprint density at radius 1 is 0.970 bits per heavy atom. The molecule has 2 aromatic rings. The van der Waals surface area contributed by atoms with Gasteiger partial charge in [0.1, 0.15) is 11.9 Å². The Balaban J connectivity index is 1.26. The van der Waals surface area contributed by atoms with Crippen LogP contribution in [0.5, 0.6) is 0 Å². The molecule has 10 heteroatoms. The minimum atomic E-state index is -0.952. The number of benzene rings is 1. The number of halogens is 1. The maximum atomic E-state index is 13.0. The number of hydrogen-bond acceptors (Lipinski definition) is 7. The van der Waals surface area contributed by atoms with E-state index in [1.165, 1.54) is 0 Å². The number of piperidine rings is 1. The Bertz CT molecular complexity index is 1160. The fourth-order valence-corrected chi connectivity index (χ4v) is 4.73. The lowest BCUT2D eigenvalue weighted by Crippen LogP contribution is -2.54. The van der Waals surface area contributed by atoms with Crippen molar-refractivity contribution in [2.45, 2.75) is 25.4 Å². The topological polar surface area (TPSA) is 103 Å². The number of carbonyl (C=O) groups excluding carboxylic acids is 4. The molecular formula is C23H22ClN5O4. The van der Waals surface area contributed by atoms with Crippen molar-refractivity contribution in [1.82, 2.24) is 20.1 Å². The van der Waals surface area contributed by atoms with Crippen LogP contribution in [0.4, 0.5) is 5.82 Å². The van der Waals surface area contributed by atoms with E-state index >= 15 is 0 Å². The zero-order valence-corrected chi connectivity index (χ0v) is 18.5. The number of hydrogen-bond donors (Lipinski definition) is 1. The van der Waals surface area contributed by atoms with Crippen LogP contribution < -0.4 is 10.2 Å². The summed E-state index contributed by atoms with van der Waals surface area (Å²) in [6.07, 6.45) is 1.95. The summed E-state index contributed by atoms with van der Waals surface area (Å²) in [6.45, 7) is 3.89. The predicted molar refractivity (Wildman–Crippen MR) is 120 cm³/mol. The fraction of sp³-hybridized carbons (Fsp3) is 0.348. The van der Waals surface area contributed by atoms with E-state index in [4.69, 9.17) is 11.6 Å². The molecular weight excluding hydrogens is 446 g/mol. The molecule has 9 nitrogen and oxygen atoms in total. The average molecular weight is 468 g/mol. The van der Waals surface area contributed by atoms with Gasteiger partial charge in [0.15, 0.2) is 0 Å². The van der Waals surface area contributed by atoms with Gasteiger partial charge in [0.25, 0.3) is 11.8 Å². The number of pyridine rings is 1. The molecule has 2 saturated heterocycles. The molecule has 1 unspecified atom stereocenters. The first kappa shape index (κ1) is 21.5. The third kappa shape index (κ3) is 4.09. The van der Waals surface area contributed by atoms with Crippen molar-refractivity contribution in [3.8, 4) is 0 Å². The maximum absolute atomic E-state index is 13.0. The molecule has 4 heterocycles. The van der Waals surface area contributed by atoms with Crippen LogP contribution in [0.25, 0.3) is 0 Å². The third-order valence-corrected chi connectivity index (χ3v) is 6.55. The average Bonchev–Trinajstić information content (AvgIpc) is 3.04. The van der Waals surface area contributed by atoms with Crippen molar-refractivity contribution >= 4 is 41.0 Å². The first-order chi connectivity index (χ1) is 15.9. The number of aromatic nitrogens is 1. The molecule has 1 aromatic heterocycles. The molecule has 0 saturated carbocycles. The van der Waals surface area contributed by atoms with Gasteiger partial charge in [-0.25, -0.2) is 4.98 Å². The molecule has 1 aromatic carbocycles. The standard InChI is InChI=1S/C23H22ClN5O4/c24-15-5-6-25-19(12-15)28-9-7-27(8-10-28)13-14-1-2-16-17(11-14)23(33)29(22(16)32)18-3-4-20(30)26-21(18)31/h1-2,5-6,11-12,18H,3-4,7-10,13H2,(H,26,30,31). The molecule has 0 radical (unpaired) electrons. The molecule has 0 spiro atoms. The van der Waals surface area contributed by atoms with Gasteiger partial charge in [0.05, 0.1) is 11.1 Å². The van der Waals surface area contributed by atoms with Gasteiger partial charge in [-0.2, -0.15) is 0 Å². The summed E-state index contributed by atoms with van der Waals surface area (Å²) in [6, 6.07) is 7.90. The Morgan fingerprint density at radius 2 is 1.73 bits per heavy atom. The second kappa shape index (κ2) is 8.57. The number of amides is 4. The number of nitrogens with one attached hydrogen (secondary N) is 1. The molecule has 1 atom stereocenters. The molecule has 170 valence electrons. The highest BCUT2D eigenvalue weighted by Crippen LogP contribution is 2.29.